The summed E-state index contributed by atoms with van der Waals surface area (Å²) in [6.45, 7) is 0.454. The van der Waals surface area contributed by atoms with Crippen LogP contribution in [0.2, 0.25) is 5.02 Å². The third kappa shape index (κ3) is 2.40. The summed E-state index contributed by atoms with van der Waals surface area (Å²) in [7, 11) is 0. The summed E-state index contributed by atoms with van der Waals surface area (Å²) in [5.74, 6) is -0.924. The van der Waals surface area contributed by atoms with E-state index in [1.807, 2.05) is 0 Å². The normalized spacial score (nSPS) is 32.1. The molecule has 2 aliphatic heterocycles. The smallest absolute Gasteiger partial charge is 0.253 e. The van der Waals surface area contributed by atoms with E-state index < -0.39 is 23.9 Å². The van der Waals surface area contributed by atoms with Crippen molar-refractivity contribution in [3.05, 3.63) is 34.6 Å². The van der Waals surface area contributed by atoms with Crippen LogP contribution in [0.1, 0.15) is 10.4 Å². The second-order valence-corrected chi connectivity index (χ2v) is 5.27. The first-order chi connectivity index (χ1) is 9.56. The Hall–Kier alpha value is -1.21. The highest BCUT2D eigenvalue weighted by Crippen LogP contribution is 2.27. The first kappa shape index (κ1) is 13.8. The number of ether oxygens (including phenoxy) is 2. The van der Waals surface area contributed by atoms with Gasteiger partial charge in [-0.25, -0.2) is 4.39 Å². The molecule has 0 aromatic heterocycles. The summed E-state index contributed by atoms with van der Waals surface area (Å²) in [4.78, 5) is 12.1. The molecule has 1 aromatic rings. The van der Waals surface area contributed by atoms with Crippen LogP contribution in [0.5, 0.6) is 0 Å². The molecule has 108 valence electrons. The second-order valence-electron chi connectivity index (χ2n) is 4.87. The number of fused-ring (bicyclic) bond motifs is 1. The zero-order valence-electron chi connectivity index (χ0n) is 10.4. The summed E-state index contributed by atoms with van der Waals surface area (Å²) in [5, 5.41) is 12.4. The van der Waals surface area contributed by atoms with Gasteiger partial charge in [0.1, 0.15) is 24.1 Å². The van der Waals surface area contributed by atoms with Crippen LogP contribution in [0, 0.1) is 5.82 Å². The van der Waals surface area contributed by atoms with Gasteiger partial charge in [0.15, 0.2) is 0 Å². The van der Waals surface area contributed by atoms with Gasteiger partial charge in [0, 0.05) is 0 Å². The number of rotatable bonds is 2. The summed E-state index contributed by atoms with van der Waals surface area (Å²) >= 11 is 5.84. The number of benzene rings is 1. The molecule has 1 amide bonds. The van der Waals surface area contributed by atoms with Crippen molar-refractivity contribution in [2.75, 3.05) is 13.2 Å². The highest BCUT2D eigenvalue weighted by molar-refractivity contribution is 6.33. The average Bonchev–Trinajstić information content (AvgIpc) is 2.94. The quantitative estimate of drug-likeness (QED) is 0.845. The Morgan fingerprint density at radius 2 is 2.10 bits per heavy atom. The van der Waals surface area contributed by atoms with Gasteiger partial charge in [0.25, 0.3) is 5.91 Å². The predicted molar refractivity (Wildman–Crippen MR) is 68.2 cm³/mol. The molecular weight excluding hydrogens is 289 g/mol. The number of amides is 1. The van der Waals surface area contributed by atoms with Crippen molar-refractivity contribution >= 4 is 17.5 Å². The Kier molecular flexibility index (Phi) is 3.64. The summed E-state index contributed by atoms with van der Waals surface area (Å²) in [5.41, 5.74) is 0.190. The van der Waals surface area contributed by atoms with Crippen LogP contribution < -0.4 is 5.32 Å². The van der Waals surface area contributed by atoms with Gasteiger partial charge in [-0.05, 0) is 18.2 Å². The van der Waals surface area contributed by atoms with Crippen molar-refractivity contribution in [1.82, 2.24) is 5.32 Å². The predicted octanol–water partition coefficient (Wildman–Crippen LogP) is 0.736. The first-order valence-corrected chi connectivity index (χ1v) is 6.61. The zero-order chi connectivity index (χ0) is 14.3. The number of carbonyl (C=O) groups excluding carboxylic acids is 1. The van der Waals surface area contributed by atoms with E-state index in [1.165, 1.54) is 12.1 Å². The van der Waals surface area contributed by atoms with Gasteiger partial charge in [0.05, 0.1) is 29.8 Å². The molecule has 0 unspecified atom stereocenters. The number of aliphatic hydroxyl groups excluding tert-OH is 1. The molecule has 20 heavy (non-hydrogen) atoms. The molecule has 4 atom stereocenters. The van der Waals surface area contributed by atoms with Crippen LogP contribution in [0.25, 0.3) is 0 Å². The van der Waals surface area contributed by atoms with Crippen LogP contribution in [-0.2, 0) is 9.47 Å². The summed E-state index contributed by atoms with van der Waals surface area (Å²) < 4.78 is 23.8. The molecule has 7 heteroatoms. The number of carbonyl (C=O) groups is 1. The molecule has 2 aliphatic rings. The van der Waals surface area contributed by atoms with Crippen LogP contribution in [0.3, 0.4) is 0 Å². The largest absolute Gasteiger partial charge is 0.388 e. The Balaban J connectivity index is 1.70. The Morgan fingerprint density at radius 3 is 2.85 bits per heavy atom. The maximum absolute atomic E-state index is 13.0. The molecule has 0 saturated carbocycles. The molecule has 3 rings (SSSR count). The topological polar surface area (TPSA) is 67.8 Å². The maximum atomic E-state index is 13.0. The highest BCUT2D eigenvalue weighted by atomic mass is 35.5. The lowest BCUT2D eigenvalue weighted by atomic mass is 10.1. The summed E-state index contributed by atoms with van der Waals surface area (Å²) in [6.07, 6.45) is -1.45. The molecule has 0 spiro atoms. The van der Waals surface area contributed by atoms with Gasteiger partial charge in [-0.15, -0.1) is 0 Å². The van der Waals surface area contributed by atoms with E-state index in [0.29, 0.717) is 0 Å². The van der Waals surface area contributed by atoms with Crippen LogP contribution >= 0.6 is 11.6 Å². The fourth-order valence-electron chi connectivity index (χ4n) is 2.52. The van der Waals surface area contributed by atoms with E-state index in [2.05, 4.69) is 5.32 Å². The molecule has 2 saturated heterocycles. The van der Waals surface area contributed by atoms with Crippen LogP contribution in [0.15, 0.2) is 18.2 Å². The van der Waals surface area contributed by atoms with E-state index in [-0.39, 0.29) is 35.9 Å². The van der Waals surface area contributed by atoms with E-state index in [1.54, 1.807) is 0 Å². The minimum Gasteiger partial charge on any atom is -0.388 e. The van der Waals surface area contributed by atoms with Gasteiger partial charge in [-0.2, -0.15) is 0 Å². The van der Waals surface area contributed by atoms with Gasteiger partial charge in [-0.1, -0.05) is 11.6 Å². The van der Waals surface area contributed by atoms with E-state index >= 15 is 0 Å². The van der Waals surface area contributed by atoms with E-state index in [4.69, 9.17) is 21.1 Å². The number of aliphatic hydroxyl groups is 1. The van der Waals surface area contributed by atoms with E-state index in [0.717, 1.165) is 6.07 Å². The number of halogens is 2. The summed E-state index contributed by atoms with van der Waals surface area (Å²) in [6, 6.07) is 3.22. The van der Waals surface area contributed by atoms with Crippen molar-refractivity contribution in [1.29, 1.82) is 0 Å². The lowest BCUT2D eigenvalue weighted by molar-refractivity contribution is 0.0178. The fourth-order valence-corrected chi connectivity index (χ4v) is 2.78. The molecule has 2 N–H and O–H groups in total. The van der Waals surface area contributed by atoms with Crippen LogP contribution in [-0.4, -0.2) is 48.6 Å². The Morgan fingerprint density at radius 1 is 1.35 bits per heavy atom. The SMILES string of the molecule is O=C(N[C@H]1CO[C@H]2[C@@H]1OC[C@H]2O)c1ccc(F)cc1Cl. The van der Waals surface area contributed by atoms with Gasteiger partial charge in [0.2, 0.25) is 0 Å². The molecule has 5 nitrogen and oxygen atoms in total. The van der Waals surface area contributed by atoms with Crippen molar-refractivity contribution in [2.45, 2.75) is 24.4 Å². The maximum Gasteiger partial charge on any atom is 0.253 e. The third-order valence-electron chi connectivity index (χ3n) is 3.52. The molecule has 1 aromatic carbocycles. The van der Waals surface area contributed by atoms with Crippen molar-refractivity contribution in [3.8, 4) is 0 Å². The van der Waals surface area contributed by atoms with Gasteiger partial charge < -0.3 is 19.9 Å². The highest BCUT2D eigenvalue weighted by Gasteiger charge is 2.47. The zero-order valence-corrected chi connectivity index (χ0v) is 11.1. The lowest BCUT2D eigenvalue weighted by Crippen LogP contribution is -2.44. The Labute approximate surface area is 119 Å². The average molecular weight is 302 g/mol. The monoisotopic (exact) mass is 301 g/mol. The van der Waals surface area contributed by atoms with Crippen molar-refractivity contribution in [2.24, 2.45) is 0 Å². The molecule has 0 bridgehead atoms. The molecule has 2 heterocycles. The second kappa shape index (κ2) is 5.29. The van der Waals surface area contributed by atoms with Crippen LogP contribution in [0.4, 0.5) is 4.39 Å². The standard InChI is InChI=1S/C13H13ClFNO4/c14-8-3-6(15)1-2-7(8)13(18)16-9-4-19-12-10(17)5-20-11(9)12/h1-3,9-12,17H,4-5H2,(H,16,18)/t9-,10+,11+,12+/m0/s1. The molecule has 0 radical (unpaired) electrons. The molecule has 0 aliphatic carbocycles. The van der Waals surface area contributed by atoms with Gasteiger partial charge >= 0.3 is 0 Å². The van der Waals surface area contributed by atoms with Gasteiger partial charge in [-0.3, -0.25) is 4.79 Å². The minimum atomic E-state index is -0.670. The lowest BCUT2D eigenvalue weighted by Gasteiger charge is -2.17. The molecular formula is C13H13ClFNO4. The number of hydrogen-bond donors (Lipinski definition) is 2. The molecule has 2 fully saturated rings. The van der Waals surface area contributed by atoms with Crippen molar-refractivity contribution < 1.29 is 23.8 Å². The van der Waals surface area contributed by atoms with E-state index in [9.17, 15) is 14.3 Å². The minimum absolute atomic E-state index is 0.0466. The number of hydrogen-bond acceptors (Lipinski definition) is 4. The van der Waals surface area contributed by atoms with Crippen molar-refractivity contribution in [3.63, 3.8) is 0 Å². The number of nitrogens with one attached hydrogen (secondary N) is 1. The third-order valence-corrected chi connectivity index (χ3v) is 3.83. The first-order valence-electron chi connectivity index (χ1n) is 6.23. The fraction of sp³-hybridized carbons (Fsp3) is 0.462. The Bertz CT molecular complexity index is 541.